The van der Waals surface area contributed by atoms with Crippen LogP contribution < -0.4 is 10.5 Å². The summed E-state index contributed by atoms with van der Waals surface area (Å²) in [4.78, 5) is 24.4. The van der Waals surface area contributed by atoms with Crippen molar-refractivity contribution in [2.24, 2.45) is 5.73 Å². The predicted octanol–water partition coefficient (Wildman–Crippen LogP) is 1.62. The number of hydrogen-bond donors (Lipinski definition) is 2. The van der Waals surface area contributed by atoms with Gasteiger partial charge in [0.1, 0.15) is 11.8 Å². The number of nitrogens with two attached hydrogens (primary N) is 1. The molecule has 6 nitrogen and oxygen atoms in total. The van der Waals surface area contributed by atoms with Crippen molar-refractivity contribution >= 4 is 12.1 Å². The van der Waals surface area contributed by atoms with E-state index in [1.54, 1.807) is 29.2 Å². The fourth-order valence-electron chi connectivity index (χ4n) is 2.40. The summed E-state index contributed by atoms with van der Waals surface area (Å²) in [6.07, 6.45) is 1.91. The lowest BCUT2D eigenvalue weighted by Gasteiger charge is -2.20. The average Bonchev–Trinajstić information content (AvgIpc) is 2.87. The smallest absolute Gasteiger partial charge is 0.415 e. The number of carbonyl (C=O) groups excluding carboxylic acids is 1. The molecular weight excluding hydrogens is 272 g/mol. The third-order valence-electron chi connectivity index (χ3n) is 3.69. The number of likely N-dealkylation sites (tertiary alicyclic amines) is 1. The lowest BCUT2D eigenvalue weighted by molar-refractivity contribution is -0.138. The molecule has 0 bridgehead atoms. The number of ether oxygens (including phenoxy) is 1. The van der Waals surface area contributed by atoms with Crippen LogP contribution in [0.4, 0.5) is 4.79 Å². The SMILES string of the molecule is C[C@@H]1CCCN1C(=O)Oc1ccc(C[C@H](N)C(=O)O)cc1. The van der Waals surface area contributed by atoms with E-state index >= 15 is 0 Å². The van der Waals surface area contributed by atoms with Gasteiger partial charge in [0.15, 0.2) is 0 Å². The van der Waals surface area contributed by atoms with Gasteiger partial charge in [-0.25, -0.2) is 4.79 Å². The molecule has 1 aliphatic rings. The van der Waals surface area contributed by atoms with Crippen LogP contribution in [-0.2, 0) is 11.2 Å². The van der Waals surface area contributed by atoms with Crippen LogP contribution in [0.2, 0.25) is 0 Å². The molecule has 2 atom stereocenters. The summed E-state index contributed by atoms with van der Waals surface area (Å²) >= 11 is 0. The van der Waals surface area contributed by atoms with Crippen molar-refractivity contribution in [1.29, 1.82) is 0 Å². The minimum absolute atomic E-state index is 0.213. The van der Waals surface area contributed by atoms with E-state index in [-0.39, 0.29) is 18.6 Å². The second kappa shape index (κ2) is 6.58. The summed E-state index contributed by atoms with van der Waals surface area (Å²) in [6.45, 7) is 2.73. The molecule has 1 saturated heterocycles. The van der Waals surface area contributed by atoms with Crippen LogP contribution in [0, 0.1) is 0 Å². The zero-order chi connectivity index (χ0) is 15.4. The van der Waals surface area contributed by atoms with Gasteiger partial charge in [-0.15, -0.1) is 0 Å². The quantitative estimate of drug-likeness (QED) is 0.879. The predicted molar refractivity (Wildman–Crippen MR) is 77.2 cm³/mol. The van der Waals surface area contributed by atoms with Gasteiger partial charge >= 0.3 is 12.1 Å². The van der Waals surface area contributed by atoms with E-state index < -0.39 is 12.0 Å². The molecule has 1 aliphatic heterocycles. The average molecular weight is 292 g/mol. The highest BCUT2D eigenvalue weighted by molar-refractivity contribution is 5.73. The van der Waals surface area contributed by atoms with Gasteiger partial charge in [-0.1, -0.05) is 12.1 Å². The maximum atomic E-state index is 12.0. The van der Waals surface area contributed by atoms with Gasteiger partial charge in [0.05, 0.1) is 0 Å². The molecule has 0 saturated carbocycles. The molecule has 0 radical (unpaired) electrons. The van der Waals surface area contributed by atoms with Crippen molar-refractivity contribution in [3.05, 3.63) is 29.8 Å². The van der Waals surface area contributed by atoms with E-state index in [9.17, 15) is 9.59 Å². The van der Waals surface area contributed by atoms with Gasteiger partial charge in [-0.05, 0) is 43.9 Å². The molecule has 0 unspecified atom stereocenters. The Hall–Kier alpha value is -2.08. The second-order valence-electron chi connectivity index (χ2n) is 5.35. The summed E-state index contributed by atoms with van der Waals surface area (Å²) in [5.74, 6) is -0.583. The molecule has 6 heteroatoms. The summed E-state index contributed by atoms with van der Waals surface area (Å²) in [5, 5.41) is 8.76. The molecule has 2 rings (SSSR count). The zero-order valence-electron chi connectivity index (χ0n) is 12.0. The van der Waals surface area contributed by atoms with Crippen molar-refractivity contribution in [3.8, 4) is 5.75 Å². The molecule has 1 aromatic carbocycles. The van der Waals surface area contributed by atoms with E-state index in [1.807, 2.05) is 6.92 Å². The van der Waals surface area contributed by atoms with Gasteiger partial charge in [-0.3, -0.25) is 4.79 Å². The van der Waals surface area contributed by atoms with Crippen molar-refractivity contribution in [3.63, 3.8) is 0 Å². The molecule has 0 aliphatic carbocycles. The van der Waals surface area contributed by atoms with E-state index in [0.717, 1.165) is 24.9 Å². The standard InChI is InChI=1S/C15H20N2O4/c1-10-3-2-8-17(10)15(20)21-12-6-4-11(5-7-12)9-13(16)14(18)19/h4-7,10,13H,2-3,8-9,16H2,1H3,(H,18,19)/t10-,13+/m1/s1. The minimum Gasteiger partial charge on any atom is -0.480 e. The van der Waals surface area contributed by atoms with Gasteiger partial charge in [0.25, 0.3) is 0 Å². The van der Waals surface area contributed by atoms with Gasteiger partial charge in [-0.2, -0.15) is 0 Å². The topological polar surface area (TPSA) is 92.9 Å². The fourth-order valence-corrected chi connectivity index (χ4v) is 2.40. The fraction of sp³-hybridized carbons (Fsp3) is 0.467. The molecule has 3 N–H and O–H groups in total. The lowest BCUT2D eigenvalue weighted by atomic mass is 10.1. The number of carboxylic acid groups (broad SMARTS) is 1. The van der Waals surface area contributed by atoms with Gasteiger partial charge < -0.3 is 20.5 Å². The number of aliphatic carboxylic acids is 1. The van der Waals surface area contributed by atoms with Crippen LogP contribution in [0.15, 0.2) is 24.3 Å². The third-order valence-corrected chi connectivity index (χ3v) is 3.69. The maximum Gasteiger partial charge on any atom is 0.415 e. The van der Waals surface area contributed by atoms with Crippen molar-refractivity contribution in [2.45, 2.75) is 38.3 Å². The number of carbonyl (C=O) groups is 2. The summed E-state index contributed by atoms with van der Waals surface area (Å²) < 4.78 is 5.32. The van der Waals surface area contributed by atoms with Crippen molar-refractivity contribution < 1.29 is 19.4 Å². The van der Waals surface area contributed by atoms with E-state index in [4.69, 9.17) is 15.6 Å². The first-order chi connectivity index (χ1) is 9.97. The highest BCUT2D eigenvalue weighted by atomic mass is 16.6. The maximum absolute atomic E-state index is 12.0. The second-order valence-corrected chi connectivity index (χ2v) is 5.35. The summed E-state index contributed by atoms with van der Waals surface area (Å²) in [7, 11) is 0. The minimum atomic E-state index is -1.03. The lowest BCUT2D eigenvalue weighted by Crippen LogP contribution is -2.35. The van der Waals surface area contributed by atoms with Crippen LogP contribution in [0.3, 0.4) is 0 Å². The van der Waals surface area contributed by atoms with E-state index in [0.29, 0.717) is 5.75 Å². The normalized spacial score (nSPS) is 19.3. The number of hydrogen-bond acceptors (Lipinski definition) is 4. The number of amides is 1. The Balaban J connectivity index is 1.93. The Morgan fingerprint density at radius 3 is 2.62 bits per heavy atom. The van der Waals surface area contributed by atoms with Crippen LogP contribution in [0.5, 0.6) is 5.75 Å². The first-order valence-electron chi connectivity index (χ1n) is 7.03. The Morgan fingerprint density at radius 2 is 2.10 bits per heavy atom. The van der Waals surface area contributed by atoms with Crippen LogP contribution >= 0.6 is 0 Å². The van der Waals surface area contributed by atoms with E-state index in [2.05, 4.69) is 0 Å². The number of carboxylic acids is 1. The number of nitrogens with zero attached hydrogens (tertiary/aromatic N) is 1. The molecule has 0 aromatic heterocycles. The van der Waals surface area contributed by atoms with E-state index in [1.165, 1.54) is 0 Å². The molecule has 21 heavy (non-hydrogen) atoms. The molecule has 114 valence electrons. The highest BCUT2D eigenvalue weighted by Crippen LogP contribution is 2.20. The van der Waals surface area contributed by atoms with Gasteiger partial charge in [0, 0.05) is 12.6 Å². The monoisotopic (exact) mass is 292 g/mol. The zero-order valence-corrected chi connectivity index (χ0v) is 12.0. The molecule has 1 amide bonds. The largest absolute Gasteiger partial charge is 0.480 e. The molecule has 1 fully saturated rings. The molecule has 1 aromatic rings. The number of rotatable bonds is 4. The number of benzene rings is 1. The Labute approximate surface area is 123 Å². The van der Waals surface area contributed by atoms with Crippen LogP contribution in [0.25, 0.3) is 0 Å². The van der Waals surface area contributed by atoms with Gasteiger partial charge in [0.2, 0.25) is 0 Å². The van der Waals surface area contributed by atoms with Crippen molar-refractivity contribution in [1.82, 2.24) is 4.90 Å². The third kappa shape index (κ3) is 3.95. The van der Waals surface area contributed by atoms with Crippen molar-refractivity contribution in [2.75, 3.05) is 6.54 Å². The summed E-state index contributed by atoms with van der Waals surface area (Å²) in [6, 6.07) is 6.04. The first kappa shape index (κ1) is 15.3. The highest BCUT2D eigenvalue weighted by Gasteiger charge is 2.26. The summed E-state index contributed by atoms with van der Waals surface area (Å²) in [5.41, 5.74) is 6.26. The molecule has 1 heterocycles. The molecular formula is C15H20N2O4. The van der Waals surface area contributed by atoms with Crippen LogP contribution in [-0.4, -0.2) is 40.7 Å². The Kier molecular flexibility index (Phi) is 4.80. The molecule has 0 spiro atoms. The Bertz CT molecular complexity index is 515. The Morgan fingerprint density at radius 1 is 1.43 bits per heavy atom. The first-order valence-corrected chi connectivity index (χ1v) is 7.03. The van der Waals surface area contributed by atoms with Crippen LogP contribution in [0.1, 0.15) is 25.3 Å².